The van der Waals surface area contributed by atoms with Crippen molar-refractivity contribution in [2.45, 2.75) is 150 Å². The summed E-state index contributed by atoms with van der Waals surface area (Å²) >= 11 is 0. The molecule has 2 heterocycles. The predicted molar refractivity (Wildman–Crippen MR) is 189 cm³/mol. The number of hydrogen-bond donors (Lipinski definition) is 2. The average Bonchev–Trinajstić information content (AvgIpc) is 3.02. The Bertz CT molecular complexity index is 1370. The van der Waals surface area contributed by atoms with E-state index >= 15 is 0 Å². The summed E-state index contributed by atoms with van der Waals surface area (Å²) in [6.07, 6.45) is 6.46. The third-order valence-electron chi connectivity index (χ3n) is 12.4. The van der Waals surface area contributed by atoms with Gasteiger partial charge in [0, 0.05) is 49.4 Å². The van der Waals surface area contributed by atoms with Crippen molar-refractivity contribution in [1.82, 2.24) is 0 Å². The Balaban J connectivity index is 1.98. The highest BCUT2D eigenvalue weighted by Gasteiger charge is 2.60. The lowest BCUT2D eigenvalue weighted by atomic mass is 9.52. The normalized spacial score (nSPS) is 40.1. The Morgan fingerprint density at radius 3 is 2.35 bits per heavy atom. The molecule has 1 fully saturated rings. The smallest absolute Gasteiger partial charge is 0.313 e. The van der Waals surface area contributed by atoms with Crippen LogP contribution in [0.5, 0.6) is 0 Å². The fourth-order valence-corrected chi connectivity index (χ4v) is 9.18. The van der Waals surface area contributed by atoms with Gasteiger partial charge in [-0.3, -0.25) is 19.2 Å². The van der Waals surface area contributed by atoms with Gasteiger partial charge in [0.05, 0.1) is 36.4 Å². The van der Waals surface area contributed by atoms with E-state index in [9.17, 15) is 29.4 Å². The van der Waals surface area contributed by atoms with Crippen molar-refractivity contribution < 1.29 is 38.9 Å². The second-order valence-electron chi connectivity index (χ2n) is 16.7. The van der Waals surface area contributed by atoms with Crippen molar-refractivity contribution in [3.8, 4) is 0 Å². The summed E-state index contributed by atoms with van der Waals surface area (Å²) in [5, 5.41) is 24.0. The van der Waals surface area contributed by atoms with E-state index in [4.69, 9.17) is 9.47 Å². The van der Waals surface area contributed by atoms with Crippen molar-refractivity contribution in [3.05, 3.63) is 34.4 Å². The molecule has 2 bridgehead atoms. The Hall–Kier alpha value is -2.42. The molecule has 8 heteroatoms. The van der Waals surface area contributed by atoms with Gasteiger partial charge in [-0.2, -0.15) is 0 Å². The van der Waals surface area contributed by atoms with Gasteiger partial charge < -0.3 is 19.7 Å². The summed E-state index contributed by atoms with van der Waals surface area (Å²) in [5.41, 5.74) is 0.359. The van der Waals surface area contributed by atoms with Crippen LogP contribution < -0.4 is 0 Å². The molecule has 4 aliphatic rings. The number of Topliss-reactive ketones (excluding diaryl/α,β-unsaturated/α-hetero) is 3. The molecule has 0 aromatic rings. The highest BCUT2D eigenvalue weighted by Crippen LogP contribution is 2.55. The highest BCUT2D eigenvalue weighted by molar-refractivity contribution is 5.97. The minimum atomic E-state index is -1.64. The third kappa shape index (κ3) is 8.39. The molecule has 2 N–H and O–H groups in total. The number of ketones is 3. The molecule has 0 saturated heterocycles. The van der Waals surface area contributed by atoms with E-state index in [2.05, 4.69) is 6.08 Å². The summed E-state index contributed by atoms with van der Waals surface area (Å²) in [4.78, 5) is 57.3. The maximum Gasteiger partial charge on any atom is 0.313 e. The molecule has 8 nitrogen and oxygen atoms in total. The molecule has 1 saturated carbocycles. The monoisotopic (exact) mass is 682 g/mol. The van der Waals surface area contributed by atoms with Crippen LogP contribution in [0.15, 0.2) is 34.4 Å². The molecule has 10 atom stereocenters. The predicted octanol–water partition coefficient (Wildman–Crippen LogP) is 7.05. The van der Waals surface area contributed by atoms with E-state index < -0.39 is 46.9 Å². The van der Waals surface area contributed by atoms with E-state index in [-0.39, 0.29) is 73.3 Å². The van der Waals surface area contributed by atoms with E-state index in [1.54, 1.807) is 6.92 Å². The molecule has 274 valence electrons. The minimum Gasteiger partial charge on any atom is -0.469 e. The fourth-order valence-electron chi connectivity index (χ4n) is 9.18. The molecule has 0 spiro atoms. The zero-order chi connectivity index (χ0) is 36.4. The number of esters is 1. The first-order valence-electron chi connectivity index (χ1n) is 18.7. The van der Waals surface area contributed by atoms with Crippen molar-refractivity contribution in [2.75, 3.05) is 7.11 Å². The molecule has 49 heavy (non-hydrogen) atoms. The number of allylic oxidation sites excluding steroid dienone is 3. The Labute approximate surface area is 294 Å². The van der Waals surface area contributed by atoms with Crippen molar-refractivity contribution in [2.24, 2.45) is 40.9 Å². The van der Waals surface area contributed by atoms with Crippen LogP contribution in [-0.4, -0.2) is 64.6 Å². The molecule has 0 unspecified atom stereocenters. The number of aliphatic hydroxyl groups excluding tert-OH is 1. The number of methoxy groups -OCH3 is 1. The molecular weight excluding hydrogens is 620 g/mol. The van der Waals surface area contributed by atoms with Gasteiger partial charge >= 0.3 is 5.97 Å². The maximum absolute atomic E-state index is 14.7. The molecule has 0 amide bonds. The number of carbonyl (C=O) groups is 4. The van der Waals surface area contributed by atoms with Crippen LogP contribution >= 0.6 is 0 Å². The average molecular weight is 683 g/mol. The maximum atomic E-state index is 14.7. The summed E-state index contributed by atoms with van der Waals surface area (Å²) < 4.78 is 12.0. The van der Waals surface area contributed by atoms with Gasteiger partial charge in [-0.05, 0) is 82.8 Å². The Morgan fingerprint density at radius 2 is 1.69 bits per heavy atom. The molecule has 4 rings (SSSR count). The molecule has 0 radical (unpaired) electrons. The number of aliphatic hydroxyl groups is 2. The largest absolute Gasteiger partial charge is 0.469 e. The first-order chi connectivity index (χ1) is 22.9. The topological polar surface area (TPSA) is 127 Å². The number of hydrogen-bond acceptors (Lipinski definition) is 8. The molecule has 2 aliphatic heterocycles. The number of carbonyl (C=O) groups excluding carboxylic acids is 4. The number of rotatable bonds is 2. The van der Waals surface area contributed by atoms with Gasteiger partial charge in [0.2, 0.25) is 0 Å². The van der Waals surface area contributed by atoms with Crippen LogP contribution in [0, 0.1) is 40.9 Å². The van der Waals surface area contributed by atoms with Crippen molar-refractivity contribution in [1.29, 1.82) is 0 Å². The van der Waals surface area contributed by atoms with Crippen LogP contribution in [0.25, 0.3) is 0 Å². The van der Waals surface area contributed by atoms with E-state index in [1.807, 2.05) is 54.5 Å². The quantitative estimate of drug-likeness (QED) is 0.234. The van der Waals surface area contributed by atoms with Gasteiger partial charge in [-0.15, -0.1) is 0 Å². The second-order valence-corrected chi connectivity index (χ2v) is 16.7. The Morgan fingerprint density at radius 1 is 1.00 bits per heavy atom. The summed E-state index contributed by atoms with van der Waals surface area (Å²) in [5.74, 6) is -3.55. The first kappa shape index (κ1) is 39.4. The minimum absolute atomic E-state index is 0.0304. The summed E-state index contributed by atoms with van der Waals surface area (Å²) in [6, 6.07) is 0. The third-order valence-corrected chi connectivity index (χ3v) is 12.4. The zero-order valence-electron chi connectivity index (χ0n) is 31.5. The summed E-state index contributed by atoms with van der Waals surface area (Å²) in [7, 11) is 1.30. The molecular formula is C41H62O8. The standard InChI is InChI=1S/C41H62O8/c1-23(2)29-20-32(42)26(5)12-10-11-24(3)18-33(43)30-19-28(7)38-31(41(30,22-34(29)44)39(46)48-9)17-25(4)13-15-36-27(6)14-16-37(49-36)40(8,47)21-35(38)45/h14,17,23-24,26,29-31,35-37,45,47H,10-13,15-16,18-22H2,1-9H3/b25-17-/t24-,26+,29-,30+,31-,35+,36-,37+,40+,41-/m1/s1. The number of fused-ring (bicyclic) bond motifs is 5. The van der Waals surface area contributed by atoms with Crippen LogP contribution in [-0.2, 0) is 28.7 Å². The van der Waals surface area contributed by atoms with Gasteiger partial charge in [0.25, 0.3) is 0 Å². The van der Waals surface area contributed by atoms with Gasteiger partial charge in [0.15, 0.2) is 0 Å². The van der Waals surface area contributed by atoms with E-state index in [0.29, 0.717) is 31.3 Å². The second kappa shape index (κ2) is 15.9. The fraction of sp³-hybridized carbons (Fsp3) is 0.756. The van der Waals surface area contributed by atoms with E-state index in [1.165, 1.54) is 7.11 Å². The highest BCUT2D eigenvalue weighted by atomic mass is 16.5. The van der Waals surface area contributed by atoms with Crippen molar-refractivity contribution >= 4 is 23.3 Å². The SMILES string of the molecule is COC(=O)[C@]12CC(=O)[C@@H](C(C)C)CC(=O)[C@@H](C)CCC[C@@H](C)CC(=O)[C@@H]1CC(C)=C1[C@H]2/C=C(/C)CC[C@H]2O[C@@H](CC=C2C)[C@@](C)(O)C[C@@H]1O. The lowest BCUT2D eigenvalue weighted by molar-refractivity contribution is -0.167. The van der Waals surface area contributed by atoms with Gasteiger partial charge in [0.1, 0.15) is 17.3 Å². The first-order valence-corrected chi connectivity index (χ1v) is 18.7. The van der Waals surface area contributed by atoms with Gasteiger partial charge in [-0.25, -0.2) is 0 Å². The molecule has 0 aromatic carbocycles. The lowest BCUT2D eigenvalue weighted by Gasteiger charge is -2.50. The lowest BCUT2D eigenvalue weighted by Crippen LogP contribution is -2.55. The van der Waals surface area contributed by atoms with Gasteiger partial charge in [-0.1, -0.05) is 63.8 Å². The molecule has 2 aliphatic carbocycles. The number of ether oxygens (including phenoxy) is 2. The van der Waals surface area contributed by atoms with Crippen LogP contribution in [0.4, 0.5) is 0 Å². The van der Waals surface area contributed by atoms with Crippen LogP contribution in [0.3, 0.4) is 0 Å². The Kier molecular flexibility index (Phi) is 12.7. The summed E-state index contributed by atoms with van der Waals surface area (Å²) in [6.45, 7) is 15.4. The van der Waals surface area contributed by atoms with Crippen LogP contribution in [0.2, 0.25) is 0 Å². The van der Waals surface area contributed by atoms with Crippen molar-refractivity contribution in [3.63, 3.8) is 0 Å². The molecule has 0 aromatic heterocycles. The van der Waals surface area contributed by atoms with E-state index in [0.717, 1.165) is 29.6 Å². The zero-order valence-corrected chi connectivity index (χ0v) is 31.5. The van der Waals surface area contributed by atoms with Crippen LogP contribution in [0.1, 0.15) is 126 Å².